The number of nitrogens with zero attached hydrogens (tertiary/aromatic N) is 5. The number of carbonyl (C=O) groups excluding carboxylic acids is 3. The zero-order valence-electron chi connectivity index (χ0n) is 36.9. The largest absolute Gasteiger partial charge is 0.485 e. The Morgan fingerprint density at radius 2 is 1.55 bits per heavy atom. The van der Waals surface area contributed by atoms with E-state index in [0.29, 0.717) is 52.5 Å². The molecule has 0 spiro atoms. The maximum atomic E-state index is 15.6. The van der Waals surface area contributed by atoms with Crippen molar-refractivity contribution in [1.29, 1.82) is 0 Å². The Bertz CT molecular complexity index is 2180. The number of anilines is 1. The van der Waals surface area contributed by atoms with E-state index in [0.717, 1.165) is 52.9 Å². The molecular formula is C47H58Cl3N5O7. The Hall–Kier alpha value is -4.23. The van der Waals surface area contributed by atoms with E-state index in [-0.39, 0.29) is 44.1 Å². The van der Waals surface area contributed by atoms with Crippen molar-refractivity contribution in [2.45, 2.75) is 123 Å². The van der Waals surface area contributed by atoms with Gasteiger partial charge in [0.15, 0.2) is 5.75 Å². The number of amides is 3. The van der Waals surface area contributed by atoms with Gasteiger partial charge in [0, 0.05) is 62.5 Å². The molecule has 3 aromatic rings. The highest BCUT2D eigenvalue weighted by Gasteiger charge is 2.51. The second kappa shape index (κ2) is 18.5. The van der Waals surface area contributed by atoms with E-state index >= 15 is 4.79 Å². The number of piperazine rings is 1. The minimum atomic E-state index is -0.839. The van der Waals surface area contributed by atoms with Crippen molar-refractivity contribution in [3.8, 4) is 5.75 Å². The van der Waals surface area contributed by atoms with Crippen molar-refractivity contribution < 1.29 is 33.3 Å². The first-order valence-corrected chi connectivity index (χ1v) is 22.5. The van der Waals surface area contributed by atoms with Crippen LogP contribution in [0.3, 0.4) is 0 Å². The number of aryl methyl sites for hydroxylation is 1. The highest BCUT2D eigenvalue weighted by Crippen LogP contribution is 2.43. The highest BCUT2D eigenvalue weighted by atomic mass is 35.5. The quantitative estimate of drug-likeness (QED) is 0.186. The van der Waals surface area contributed by atoms with Crippen LogP contribution in [0.4, 0.5) is 15.4 Å². The summed E-state index contributed by atoms with van der Waals surface area (Å²) < 4.78 is 23.5. The molecule has 2 aromatic carbocycles. The molecule has 15 heteroatoms. The zero-order chi connectivity index (χ0) is 44.7. The number of hydrogen-bond acceptors (Lipinski definition) is 9. The van der Waals surface area contributed by atoms with Gasteiger partial charge in [-0.1, -0.05) is 46.9 Å². The van der Waals surface area contributed by atoms with Gasteiger partial charge < -0.3 is 33.6 Å². The van der Waals surface area contributed by atoms with Crippen LogP contribution in [-0.4, -0.2) is 113 Å². The number of rotatable bonds is 11. The van der Waals surface area contributed by atoms with Crippen LogP contribution in [0, 0.1) is 6.92 Å². The summed E-state index contributed by atoms with van der Waals surface area (Å²) in [6.07, 6.45) is 4.02. The minimum absolute atomic E-state index is 0.0244. The monoisotopic (exact) mass is 909 g/mol. The lowest BCUT2D eigenvalue weighted by Gasteiger charge is -2.51. The molecule has 4 heterocycles. The fraction of sp³-hybridized carbons (Fsp3) is 0.532. The van der Waals surface area contributed by atoms with E-state index in [1.807, 2.05) is 102 Å². The lowest BCUT2D eigenvalue weighted by atomic mass is 9.81. The van der Waals surface area contributed by atoms with Gasteiger partial charge in [-0.05, 0) is 132 Å². The maximum Gasteiger partial charge on any atom is 0.411 e. The molecule has 3 aliphatic heterocycles. The third-order valence-electron chi connectivity index (χ3n) is 11.4. The molecule has 62 heavy (non-hydrogen) atoms. The van der Waals surface area contributed by atoms with Gasteiger partial charge in [0.1, 0.15) is 23.1 Å². The third kappa shape index (κ3) is 10.7. The van der Waals surface area contributed by atoms with E-state index < -0.39 is 35.5 Å². The van der Waals surface area contributed by atoms with E-state index in [1.54, 1.807) is 16.9 Å². The zero-order valence-corrected chi connectivity index (χ0v) is 39.2. The number of ether oxygens (including phenoxy) is 4. The number of hydrogen-bond donors (Lipinski definition) is 0. The Kier molecular flexibility index (Phi) is 13.6. The summed E-state index contributed by atoms with van der Waals surface area (Å²) in [6, 6.07) is 12.1. The minimum Gasteiger partial charge on any atom is -0.485 e. The first kappa shape index (κ1) is 45.8. The summed E-state index contributed by atoms with van der Waals surface area (Å²) in [5, 5.41) is 1.52. The average Bonchev–Trinajstić information content (AvgIpc) is 3.92. The van der Waals surface area contributed by atoms with E-state index in [1.165, 1.54) is 0 Å². The molecule has 3 amide bonds. The predicted octanol–water partition coefficient (Wildman–Crippen LogP) is 9.77. The first-order valence-electron chi connectivity index (χ1n) is 21.4. The molecule has 4 aliphatic rings. The highest BCUT2D eigenvalue weighted by molar-refractivity contribution is 6.37. The van der Waals surface area contributed by atoms with Crippen LogP contribution in [0.1, 0.15) is 89.5 Å². The molecule has 12 nitrogen and oxygen atoms in total. The molecule has 3 fully saturated rings. The number of halogens is 3. The molecule has 334 valence electrons. The number of aromatic nitrogens is 1. The Balaban J connectivity index is 1.26. The van der Waals surface area contributed by atoms with Crippen LogP contribution < -0.4 is 9.64 Å². The van der Waals surface area contributed by atoms with Crippen LogP contribution in [-0.2, 0) is 32.0 Å². The van der Waals surface area contributed by atoms with Crippen molar-refractivity contribution in [3.63, 3.8) is 0 Å². The summed E-state index contributed by atoms with van der Waals surface area (Å²) in [5.74, 6) is 1.02. The van der Waals surface area contributed by atoms with Crippen LogP contribution in [0.2, 0.25) is 15.1 Å². The molecule has 1 aromatic heterocycles. The maximum absolute atomic E-state index is 15.6. The number of carbonyl (C=O) groups is 3. The Labute approximate surface area is 380 Å². The Morgan fingerprint density at radius 1 is 0.855 bits per heavy atom. The van der Waals surface area contributed by atoms with Gasteiger partial charge in [0.25, 0.3) is 5.91 Å². The van der Waals surface area contributed by atoms with Crippen molar-refractivity contribution >= 4 is 64.3 Å². The van der Waals surface area contributed by atoms with Crippen molar-refractivity contribution in [2.24, 2.45) is 0 Å². The number of pyridine rings is 1. The van der Waals surface area contributed by atoms with E-state index in [4.69, 9.17) is 58.7 Å². The van der Waals surface area contributed by atoms with Gasteiger partial charge in [-0.2, -0.15) is 0 Å². The first-order chi connectivity index (χ1) is 29.3. The molecule has 7 rings (SSSR count). The van der Waals surface area contributed by atoms with Gasteiger partial charge in [-0.15, -0.1) is 0 Å². The average molecular weight is 911 g/mol. The fourth-order valence-corrected chi connectivity index (χ4v) is 9.35. The SMILES string of the molecule is COCCc1ccc(Cl)c(CN(C(=O)C2=C(c3ccc(N4CC[C@@H](Oc5c(Cl)cc(C)cc5Cl)C4)nc3)C[C@H]3CN(C(=O)OC(C)(C)C)C[C@@H]2N3C(=O)OC(C)(C)C)C2CC2)c1. The molecule has 2 saturated heterocycles. The van der Waals surface area contributed by atoms with Crippen LogP contribution in [0.5, 0.6) is 5.75 Å². The second-order valence-electron chi connectivity index (χ2n) is 18.8. The second-order valence-corrected chi connectivity index (χ2v) is 20.0. The third-order valence-corrected chi connectivity index (χ3v) is 12.4. The molecule has 0 N–H and O–H groups in total. The fourth-order valence-electron chi connectivity index (χ4n) is 8.49. The van der Waals surface area contributed by atoms with Crippen molar-refractivity contribution in [1.82, 2.24) is 19.7 Å². The van der Waals surface area contributed by atoms with Crippen LogP contribution in [0.15, 0.2) is 54.2 Å². The lowest BCUT2D eigenvalue weighted by Crippen LogP contribution is -2.66. The van der Waals surface area contributed by atoms with Gasteiger partial charge in [-0.3, -0.25) is 9.69 Å². The van der Waals surface area contributed by atoms with Crippen LogP contribution >= 0.6 is 34.8 Å². The number of benzene rings is 2. The summed E-state index contributed by atoms with van der Waals surface area (Å²) in [7, 11) is 1.67. The molecular weight excluding hydrogens is 853 g/mol. The normalized spacial score (nSPS) is 20.4. The van der Waals surface area contributed by atoms with E-state index in [9.17, 15) is 9.59 Å². The molecule has 3 atom stereocenters. The Morgan fingerprint density at radius 3 is 2.18 bits per heavy atom. The van der Waals surface area contributed by atoms with Gasteiger partial charge in [0.05, 0.1) is 35.3 Å². The van der Waals surface area contributed by atoms with Gasteiger partial charge in [-0.25, -0.2) is 14.6 Å². The van der Waals surface area contributed by atoms with Crippen molar-refractivity contribution in [3.05, 3.63) is 91.6 Å². The molecule has 1 aliphatic carbocycles. The van der Waals surface area contributed by atoms with Crippen LogP contribution in [0.25, 0.3) is 5.57 Å². The summed E-state index contributed by atoms with van der Waals surface area (Å²) in [6.45, 7) is 15.2. The summed E-state index contributed by atoms with van der Waals surface area (Å²) >= 11 is 19.8. The summed E-state index contributed by atoms with van der Waals surface area (Å²) in [5.41, 5.74) is 3.26. The number of methoxy groups -OCH3 is 1. The predicted molar refractivity (Wildman–Crippen MR) is 242 cm³/mol. The van der Waals surface area contributed by atoms with Gasteiger partial charge in [0.2, 0.25) is 0 Å². The number of fused-ring (bicyclic) bond motifs is 2. The molecule has 2 bridgehead atoms. The lowest BCUT2D eigenvalue weighted by molar-refractivity contribution is -0.129. The topological polar surface area (TPSA) is 114 Å². The smallest absolute Gasteiger partial charge is 0.411 e. The molecule has 1 saturated carbocycles. The standard InChI is InChI=1S/C47H58Cl3N5O7/c1-28-19-37(49)42(38(50)20-28)60-34-15-17-52(26-34)40-14-10-30(23-51-40)35-22-33-25-53(44(57)61-46(2,3)4)27-39(55(33)45(58)62-47(5,6)7)41(35)43(56)54(32-11-12-32)24-31-21-29(16-18-59-8)9-13-36(31)48/h9-10,13-14,19-21,23,32-34,39H,11-12,15-18,22,24-27H2,1-8H3/t33-,34+,39-/m0/s1. The van der Waals surface area contributed by atoms with Gasteiger partial charge >= 0.3 is 12.2 Å². The van der Waals surface area contributed by atoms with Crippen molar-refractivity contribution in [2.75, 3.05) is 44.8 Å². The van der Waals surface area contributed by atoms with E-state index in [2.05, 4.69) is 4.90 Å². The molecule has 0 radical (unpaired) electrons. The summed E-state index contributed by atoms with van der Waals surface area (Å²) in [4.78, 5) is 55.8. The molecule has 0 unspecified atom stereocenters.